The molecule has 2 heterocycles. The zero-order valence-electron chi connectivity index (χ0n) is 6.68. The van der Waals surface area contributed by atoms with Crippen molar-refractivity contribution in [1.29, 1.82) is 0 Å². The second-order valence-corrected chi connectivity index (χ2v) is 2.41. The standard InChI is InChI=1S/C8H8N4/c1-7-10-4-5-12(7)8-6-9-2-3-11-8/h2-6H,1H3. The molecule has 0 spiro atoms. The van der Waals surface area contributed by atoms with Crippen molar-refractivity contribution < 1.29 is 0 Å². The number of aryl methyl sites for hydroxylation is 1. The minimum Gasteiger partial charge on any atom is -0.287 e. The van der Waals surface area contributed by atoms with Crippen LogP contribution in [0.15, 0.2) is 31.0 Å². The van der Waals surface area contributed by atoms with Crippen molar-refractivity contribution in [3.63, 3.8) is 0 Å². The topological polar surface area (TPSA) is 43.6 Å². The maximum absolute atomic E-state index is 4.14. The molecule has 0 fully saturated rings. The van der Waals surface area contributed by atoms with Crippen molar-refractivity contribution in [2.45, 2.75) is 6.92 Å². The minimum atomic E-state index is 0.799. The molecular weight excluding hydrogens is 152 g/mol. The minimum absolute atomic E-state index is 0.799. The van der Waals surface area contributed by atoms with Crippen LogP contribution in [-0.2, 0) is 0 Å². The molecule has 0 aliphatic carbocycles. The van der Waals surface area contributed by atoms with E-state index in [9.17, 15) is 0 Å². The maximum atomic E-state index is 4.14. The Morgan fingerprint density at radius 3 is 2.67 bits per heavy atom. The molecule has 0 saturated carbocycles. The highest BCUT2D eigenvalue weighted by Gasteiger charge is 1.99. The maximum Gasteiger partial charge on any atom is 0.156 e. The summed E-state index contributed by atoms with van der Waals surface area (Å²) in [6.07, 6.45) is 8.61. The van der Waals surface area contributed by atoms with Crippen LogP contribution in [-0.4, -0.2) is 19.5 Å². The molecular formula is C8H8N4. The molecule has 2 aromatic rings. The first-order valence-corrected chi connectivity index (χ1v) is 3.64. The zero-order chi connectivity index (χ0) is 8.39. The van der Waals surface area contributed by atoms with E-state index in [1.807, 2.05) is 17.7 Å². The van der Waals surface area contributed by atoms with E-state index in [-0.39, 0.29) is 0 Å². The van der Waals surface area contributed by atoms with Gasteiger partial charge in [0.2, 0.25) is 0 Å². The molecule has 0 N–H and O–H groups in total. The van der Waals surface area contributed by atoms with Crippen LogP contribution in [0, 0.1) is 6.92 Å². The van der Waals surface area contributed by atoms with E-state index in [2.05, 4.69) is 15.0 Å². The Morgan fingerprint density at radius 1 is 1.17 bits per heavy atom. The van der Waals surface area contributed by atoms with Gasteiger partial charge >= 0.3 is 0 Å². The fourth-order valence-electron chi connectivity index (χ4n) is 1.04. The molecule has 0 radical (unpaired) electrons. The van der Waals surface area contributed by atoms with Crippen molar-refractivity contribution >= 4 is 0 Å². The van der Waals surface area contributed by atoms with Gasteiger partial charge in [-0.1, -0.05) is 0 Å². The van der Waals surface area contributed by atoms with Crippen molar-refractivity contribution in [3.8, 4) is 5.82 Å². The van der Waals surface area contributed by atoms with Crippen LogP contribution in [0.3, 0.4) is 0 Å². The highest BCUT2D eigenvalue weighted by molar-refractivity contribution is 5.19. The lowest BCUT2D eigenvalue weighted by Crippen LogP contribution is -1.98. The summed E-state index contributed by atoms with van der Waals surface area (Å²) in [5.74, 6) is 1.71. The smallest absolute Gasteiger partial charge is 0.156 e. The van der Waals surface area contributed by atoms with Gasteiger partial charge in [0.15, 0.2) is 5.82 Å². The lowest BCUT2D eigenvalue weighted by Gasteiger charge is -2.00. The molecule has 0 atom stereocenters. The fourth-order valence-corrected chi connectivity index (χ4v) is 1.04. The van der Waals surface area contributed by atoms with Gasteiger partial charge in [0, 0.05) is 24.8 Å². The van der Waals surface area contributed by atoms with Crippen molar-refractivity contribution in [2.24, 2.45) is 0 Å². The zero-order valence-corrected chi connectivity index (χ0v) is 6.68. The summed E-state index contributed by atoms with van der Waals surface area (Å²) >= 11 is 0. The number of aromatic nitrogens is 4. The third-order valence-corrected chi connectivity index (χ3v) is 1.62. The van der Waals surface area contributed by atoms with Crippen LogP contribution < -0.4 is 0 Å². The Kier molecular flexibility index (Phi) is 1.59. The van der Waals surface area contributed by atoms with E-state index in [1.165, 1.54) is 0 Å². The van der Waals surface area contributed by atoms with Gasteiger partial charge in [-0.3, -0.25) is 9.55 Å². The Labute approximate surface area is 69.9 Å². The average molecular weight is 160 g/mol. The molecule has 0 bridgehead atoms. The van der Waals surface area contributed by atoms with Gasteiger partial charge < -0.3 is 0 Å². The molecule has 12 heavy (non-hydrogen) atoms. The van der Waals surface area contributed by atoms with Gasteiger partial charge in [0.05, 0.1) is 6.20 Å². The molecule has 0 unspecified atom stereocenters. The van der Waals surface area contributed by atoms with E-state index < -0.39 is 0 Å². The highest BCUT2D eigenvalue weighted by Crippen LogP contribution is 2.03. The first-order chi connectivity index (χ1) is 5.88. The molecule has 4 heteroatoms. The Bertz CT molecular complexity index is 366. The monoisotopic (exact) mass is 160 g/mol. The molecule has 4 nitrogen and oxygen atoms in total. The SMILES string of the molecule is Cc1nccn1-c1cnccn1. The third-order valence-electron chi connectivity index (χ3n) is 1.62. The first-order valence-electron chi connectivity index (χ1n) is 3.64. The summed E-state index contributed by atoms with van der Waals surface area (Å²) in [7, 11) is 0. The van der Waals surface area contributed by atoms with E-state index in [0.717, 1.165) is 11.6 Å². The second kappa shape index (κ2) is 2.73. The highest BCUT2D eigenvalue weighted by atomic mass is 15.1. The molecule has 2 rings (SSSR count). The predicted octanol–water partition coefficient (Wildman–Crippen LogP) is 0.971. The molecule has 0 saturated heterocycles. The average Bonchev–Trinajstić information content (AvgIpc) is 2.53. The fraction of sp³-hybridized carbons (Fsp3) is 0.125. The summed E-state index contributed by atoms with van der Waals surface area (Å²) in [6.45, 7) is 1.93. The molecule has 0 aliphatic rings. The van der Waals surface area contributed by atoms with Crippen LogP contribution >= 0.6 is 0 Å². The van der Waals surface area contributed by atoms with Crippen LogP contribution in [0.25, 0.3) is 5.82 Å². The quantitative estimate of drug-likeness (QED) is 0.624. The largest absolute Gasteiger partial charge is 0.287 e. The lowest BCUT2D eigenvalue weighted by atomic mass is 10.6. The van der Waals surface area contributed by atoms with E-state index in [1.54, 1.807) is 24.8 Å². The van der Waals surface area contributed by atoms with Crippen LogP contribution in [0.4, 0.5) is 0 Å². The predicted molar refractivity (Wildman–Crippen MR) is 43.9 cm³/mol. The summed E-state index contributed by atoms with van der Waals surface area (Å²) in [5, 5.41) is 0. The first kappa shape index (κ1) is 6.97. The van der Waals surface area contributed by atoms with Crippen LogP contribution in [0.5, 0.6) is 0 Å². The number of imidazole rings is 1. The lowest BCUT2D eigenvalue weighted by molar-refractivity contribution is 0.918. The number of rotatable bonds is 1. The van der Waals surface area contributed by atoms with E-state index in [4.69, 9.17) is 0 Å². The Balaban J connectivity index is 2.51. The summed E-state index contributed by atoms with van der Waals surface area (Å²) in [5.41, 5.74) is 0. The van der Waals surface area contributed by atoms with Gasteiger partial charge in [0.25, 0.3) is 0 Å². The molecule has 0 amide bonds. The van der Waals surface area contributed by atoms with Gasteiger partial charge in [-0.05, 0) is 6.92 Å². The summed E-state index contributed by atoms with van der Waals surface area (Å²) < 4.78 is 1.88. The molecule has 2 aromatic heterocycles. The van der Waals surface area contributed by atoms with Gasteiger partial charge in [-0.2, -0.15) is 0 Å². The van der Waals surface area contributed by atoms with E-state index >= 15 is 0 Å². The van der Waals surface area contributed by atoms with Crippen molar-refractivity contribution in [2.75, 3.05) is 0 Å². The Hall–Kier alpha value is -1.71. The van der Waals surface area contributed by atoms with Gasteiger partial charge in [-0.15, -0.1) is 0 Å². The van der Waals surface area contributed by atoms with Crippen molar-refractivity contribution in [1.82, 2.24) is 19.5 Å². The Morgan fingerprint density at radius 2 is 2.08 bits per heavy atom. The molecule has 0 aromatic carbocycles. The number of hydrogen-bond donors (Lipinski definition) is 0. The van der Waals surface area contributed by atoms with Crippen LogP contribution in [0.2, 0.25) is 0 Å². The summed E-state index contributed by atoms with van der Waals surface area (Å²) in [6, 6.07) is 0. The second-order valence-electron chi connectivity index (χ2n) is 2.41. The summed E-state index contributed by atoms with van der Waals surface area (Å²) in [4.78, 5) is 12.2. The molecule has 60 valence electrons. The van der Waals surface area contributed by atoms with Crippen molar-refractivity contribution in [3.05, 3.63) is 36.8 Å². The normalized spacial score (nSPS) is 10.1. The van der Waals surface area contributed by atoms with Gasteiger partial charge in [-0.25, -0.2) is 9.97 Å². The van der Waals surface area contributed by atoms with Crippen LogP contribution in [0.1, 0.15) is 5.82 Å². The number of hydrogen-bond acceptors (Lipinski definition) is 3. The van der Waals surface area contributed by atoms with E-state index in [0.29, 0.717) is 0 Å². The van der Waals surface area contributed by atoms with Gasteiger partial charge in [0.1, 0.15) is 5.82 Å². The molecule has 0 aliphatic heterocycles. The number of nitrogens with zero attached hydrogens (tertiary/aromatic N) is 4. The third kappa shape index (κ3) is 1.07.